The summed E-state index contributed by atoms with van der Waals surface area (Å²) < 4.78 is 41.3. The third kappa shape index (κ3) is 6.09. The first-order valence-corrected chi connectivity index (χ1v) is 13.1. The molecule has 0 spiro atoms. The molecule has 0 bridgehead atoms. The van der Waals surface area contributed by atoms with E-state index in [2.05, 4.69) is 24.4 Å². The molecule has 0 fully saturated rings. The van der Waals surface area contributed by atoms with Crippen molar-refractivity contribution in [2.24, 2.45) is 0 Å². The van der Waals surface area contributed by atoms with Crippen LogP contribution in [0.15, 0.2) is 70.3 Å². The summed E-state index contributed by atoms with van der Waals surface area (Å²) >= 11 is 2.70. The van der Waals surface area contributed by atoms with E-state index in [9.17, 15) is 17.6 Å². The van der Waals surface area contributed by atoms with Crippen LogP contribution < -0.4 is 9.62 Å². The number of para-hydroxylation sites is 1. The second kappa shape index (κ2) is 10.8. The maximum absolute atomic E-state index is 14.4. The molecule has 3 rings (SSSR count). The van der Waals surface area contributed by atoms with Gasteiger partial charge in [-0.15, -0.1) is 11.3 Å². The number of hydrogen-bond donors (Lipinski definition) is 1. The molecule has 0 saturated carbocycles. The minimum atomic E-state index is -4.06. The van der Waals surface area contributed by atoms with E-state index >= 15 is 0 Å². The van der Waals surface area contributed by atoms with Crippen molar-refractivity contribution in [1.29, 1.82) is 0 Å². The van der Waals surface area contributed by atoms with Gasteiger partial charge in [-0.3, -0.25) is 9.10 Å². The van der Waals surface area contributed by atoms with Crippen molar-refractivity contribution in [3.05, 3.63) is 83.0 Å². The lowest BCUT2D eigenvalue weighted by Crippen LogP contribution is -2.41. The molecule has 3 aromatic rings. The van der Waals surface area contributed by atoms with Crippen LogP contribution in [0.2, 0.25) is 0 Å². The highest BCUT2D eigenvalue weighted by molar-refractivity contribution is 7.98. The molecular formula is C22H23FN2O3S3. The number of carbonyl (C=O) groups excluding carboxylic acids is 1. The third-order valence-electron chi connectivity index (χ3n) is 4.54. The zero-order valence-electron chi connectivity index (χ0n) is 17.0. The lowest BCUT2D eigenvalue weighted by molar-refractivity contribution is -0.119. The molecule has 1 aromatic heterocycles. The molecule has 9 heteroatoms. The number of halogens is 1. The molecule has 5 nitrogen and oxygen atoms in total. The number of amides is 1. The van der Waals surface area contributed by atoms with Gasteiger partial charge in [0.05, 0.1) is 5.69 Å². The van der Waals surface area contributed by atoms with Crippen LogP contribution in [0.1, 0.15) is 11.1 Å². The van der Waals surface area contributed by atoms with Crippen LogP contribution in [0.4, 0.5) is 10.1 Å². The van der Waals surface area contributed by atoms with E-state index in [0.29, 0.717) is 12.3 Å². The second-order valence-electron chi connectivity index (χ2n) is 6.72. The fraction of sp³-hybridized carbons (Fsp3) is 0.227. The lowest BCUT2D eigenvalue weighted by atomic mass is 10.1. The number of nitrogens with one attached hydrogen (secondary N) is 1. The van der Waals surface area contributed by atoms with E-state index in [0.717, 1.165) is 21.4 Å². The number of nitrogens with zero attached hydrogens (tertiary/aromatic N) is 1. The average molecular weight is 479 g/mol. The van der Waals surface area contributed by atoms with Gasteiger partial charge in [0.2, 0.25) is 5.91 Å². The van der Waals surface area contributed by atoms with Crippen molar-refractivity contribution in [2.75, 3.05) is 23.1 Å². The van der Waals surface area contributed by atoms with Crippen LogP contribution >= 0.6 is 23.1 Å². The summed E-state index contributed by atoms with van der Waals surface area (Å²) in [6, 6.07) is 16.7. The molecule has 1 amide bonds. The number of hydrogen-bond acceptors (Lipinski definition) is 5. The molecule has 0 atom stereocenters. The second-order valence-corrected chi connectivity index (χ2v) is 10.9. The Kier molecular flexibility index (Phi) is 8.11. The number of thiophene rings is 1. The Morgan fingerprint density at radius 3 is 2.55 bits per heavy atom. The Hall–Kier alpha value is -2.36. The lowest BCUT2D eigenvalue weighted by Gasteiger charge is -2.23. The predicted octanol–water partition coefficient (Wildman–Crippen LogP) is 4.44. The van der Waals surface area contributed by atoms with Gasteiger partial charge in [0.1, 0.15) is 16.6 Å². The Balaban J connectivity index is 1.61. The monoisotopic (exact) mass is 478 g/mol. The van der Waals surface area contributed by atoms with Crippen molar-refractivity contribution in [3.8, 4) is 0 Å². The molecule has 164 valence electrons. The van der Waals surface area contributed by atoms with Gasteiger partial charge in [-0.25, -0.2) is 12.8 Å². The van der Waals surface area contributed by atoms with E-state index in [1.807, 2.05) is 12.1 Å². The van der Waals surface area contributed by atoms with Gasteiger partial charge in [-0.1, -0.05) is 42.5 Å². The number of sulfonamides is 1. The molecule has 1 heterocycles. The van der Waals surface area contributed by atoms with Crippen molar-refractivity contribution in [3.63, 3.8) is 0 Å². The summed E-state index contributed by atoms with van der Waals surface area (Å²) in [4.78, 5) is 12.5. The number of thioether (sulfide) groups is 1. The van der Waals surface area contributed by atoms with E-state index in [4.69, 9.17) is 0 Å². The molecule has 0 aliphatic carbocycles. The SMILES string of the molecule is Cc1ccccc1CSCCNC(=O)CN(c1ccccc1F)S(=O)(=O)c1cccs1. The largest absolute Gasteiger partial charge is 0.354 e. The Morgan fingerprint density at radius 1 is 1.10 bits per heavy atom. The first-order valence-electron chi connectivity index (χ1n) is 9.59. The zero-order valence-corrected chi connectivity index (χ0v) is 19.4. The summed E-state index contributed by atoms with van der Waals surface area (Å²) in [5, 5.41) is 4.36. The number of benzene rings is 2. The molecule has 0 aliphatic heterocycles. The van der Waals surface area contributed by atoms with E-state index < -0.39 is 28.3 Å². The molecule has 0 radical (unpaired) electrons. The minimum Gasteiger partial charge on any atom is -0.354 e. The smallest absolute Gasteiger partial charge is 0.274 e. The van der Waals surface area contributed by atoms with Gasteiger partial charge in [0.25, 0.3) is 10.0 Å². The van der Waals surface area contributed by atoms with Crippen LogP contribution in [0.25, 0.3) is 0 Å². The van der Waals surface area contributed by atoms with Crippen LogP contribution in [0, 0.1) is 12.7 Å². The van der Waals surface area contributed by atoms with Crippen molar-refractivity contribution in [2.45, 2.75) is 16.9 Å². The highest BCUT2D eigenvalue weighted by Gasteiger charge is 2.29. The highest BCUT2D eigenvalue weighted by Crippen LogP contribution is 2.28. The Morgan fingerprint density at radius 2 is 1.84 bits per heavy atom. The third-order valence-corrected chi connectivity index (χ3v) is 8.68. The quantitative estimate of drug-likeness (QED) is 0.438. The van der Waals surface area contributed by atoms with E-state index in [-0.39, 0.29) is 9.90 Å². The Bertz CT molecular complexity index is 1120. The van der Waals surface area contributed by atoms with E-state index in [1.165, 1.54) is 41.5 Å². The number of anilines is 1. The molecule has 31 heavy (non-hydrogen) atoms. The van der Waals surface area contributed by atoms with Crippen LogP contribution in [0.5, 0.6) is 0 Å². The van der Waals surface area contributed by atoms with Crippen molar-refractivity contribution < 1.29 is 17.6 Å². The highest BCUT2D eigenvalue weighted by atomic mass is 32.2. The maximum atomic E-state index is 14.4. The van der Waals surface area contributed by atoms with Crippen LogP contribution in [-0.2, 0) is 20.6 Å². The van der Waals surface area contributed by atoms with Crippen LogP contribution in [-0.4, -0.2) is 33.2 Å². The van der Waals surface area contributed by atoms with Gasteiger partial charge in [0.15, 0.2) is 0 Å². The molecule has 0 saturated heterocycles. The molecule has 0 aliphatic rings. The van der Waals surface area contributed by atoms with Gasteiger partial charge in [-0.2, -0.15) is 11.8 Å². The van der Waals surface area contributed by atoms with Crippen molar-refractivity contribution in [1.82, 2.24) is 5.32 Å². The van der Waals surface area contributed by atoms with E-state index in [1.54, 1.807) is 23.2 Å². The summed E-state index contributed by atoms with van der Waals surface area (Å²) in [6.07, 6.45) is 0. The standard InChI is InChI=1S/C22H23FN2O3S3/c1-17-7-2-3-8-18(17)16-29-14-12-24-21(26)15-25(20-10-5-4-9-19(20)23)31(27,28)22-11-6-13-30-22/h2-11,13H,12,14-16H2,1H3,(H,24,26). The number of aryl methyl sites for hydroxylation is 1. The van der Waals surface area contributed by atoms with Gasteiger partial charge in [-0.05, 0) is 41.6 Å². The van der Waals surface area contributed by atoms with Gasteiger partial charge >= 0.3 is 0 Å². The molecule has 1 N–H and O–H groups in total. The summed E-state index contributed by atoms with van der Waals surface area (Å²) in [5.74, 6) is 0.317. The van der Waals surface area contributed by atoms with Gasteiger partial charge in [0, 0.05) is 18.1 Å². The minimum absolute atomic E-state index is 0.0531. The fourth-order valence-corrected chi connectivity index (χ4v) is 6.34. The predicted molar refractivity (Wildman–Crippen MR) is 126 cm³/mol. The topological polar surface area (TPSA) is 66.5 Å². The summed E-state index contributed by atoms with van der Waals surface area (Å²) in [5.41, 5.74) is 2.31. The molecular weight excluding hydrogens is 455 g/mol. The van der Waals surface area contributed by atoms with Crippen LogP contribution in [0.3, 0.4) is 0 Å². The zero-order chi connectivity index (χ0) is 22.3. The molecule has 0 unspecified atom stereocenters. The maximum Gasteiger partial charge on any atom is 0.274 e. The molecule has 2 aromatic carbocycles. The Labute approximate surface area is 190 Å². The average Bonchev–Trinajstić information content (AvgIpc) is 3.29. The van der Waals surface area contributed by atoms with Crippen molar-refractivity contribution >= 4 is 44.7 Å². The normalized spacial score (nSPS) is 11.3. The first-order chi connectivity index (χ1) is 14.9. The van der Waals surface area contributed by atoms with Gasteiger partial charge < -0.3 is 5.32 Å². The number of carbonyl (C=O) groups is 1. The number of rotatable bonds is 10. The summed E-state index contributed by atoms with van der Waals surface area (Å²) in [7, 11) is -4.06. The summed E-state index contributed by atoms with van der Waals surface area (Å²) in [6.45, 7) is 1.95. The first kappa shape index (κ1) is 23.3. The fourth-order valence-electron chi connectivity index (χ4n) is 2.88.